The molecule has 0 aliphatic rings. The van der Waals surface area contributed by atoms with Gasteiger partial charge in [-0.2, -0.15) is 0 Å². The SMILES string of the molecule is CCn1c(C)c(Cc2ccc(C)c3ccccc23)c2ccncc21. The van der Waals surface area contributed by atoms with E-state index in [1.54, 1.807) is 0 Å². The summed E-state index contributed by atoms with van der Waals surface area (Å²) in [7, 11) is 0. The molecule has 120 valence electrons. The second-order valence-electron chi connectivity index (χ2n) is 6.46. The highest BCUT2D eigenvalue weighted by atomic mass is 15.0. The number of benzene rings is 2. The molecule has 24 heavy (non-hydrogen) atoms. The van der Waals surface area contributed by atoms with E-state index in [1.807, 2.05) is 12.4 Å². The molecule has 2 nitrogen and oxygen atoms in total. The van der Waals surface area contributed by atoms with Crippen LogP contribution in [-0.4, -0.2) is 9.55 Å². The first kappa shape index (κ1) is 14.9. The second kappa shape index (κ2) is 5.79. The Balaban J connectivity index is 1.93. The zero-order chi connectivity index (χ0) is 16.7. The van der Waals surface area contributed by atoms with Gasteiger partial charge in [-0.05, 0) is 54.3 Å². The van der Waals surface area contributed by atoms with Crippen molar-refractivity contribution in [2.24, 2.45) is 0 Å². The summed E-state index contributed by atoms with van der Waals surface area (Å²) in [5.74, 6) is 0. The standard InChI is InChI=1S/C22H22N2/c1-4-24-16(3)21(20-11-12-23-14-22(20)24)13-17-10-9-15(2)18-7-5-6-8-19(17)18/h5-12,14H,4,13H2,1-3H3. The fourth-order valence-electron chi connectivity index (χ4n) is 3.88. The Labute approximate surface area is 142 Å². The molecule has 2 heteroatoms. The molecule has 2 aromatic carbocycles. The van der Waals surface area contributed by atoms with Gasteiger partial charge in [0.05, 0.1) is 11.7 Å². The fraction of sp³-hybridized carbons (Fsp3) is 0.227. The molecule has 2 heterocycles. The zero-order valence-electron chi connectivity index (χ0n) is 14.5. The van der Waals surface area contributed by atoms with Crippen LogP contribution >= 0.6 is 0 Å². The molecular formula is C22H22N2. The van der Waals surface area contributed by atoms with Crippen molar-refractivity contribution >= 4 is 21.7 Å². The molecule has 4 rings (SSSR count). The summed E-state index contributed by atoms with van der Waals surface area (Å²) in [4.78, 5) is 4.32. The van der Waals surface area contributed by atoms with Crippen LogP contribution in [-0.2, 0) is 13.0 Å². The summed E-state index contributed by atoms with van der Waals surface area (Å²) in [5.41, 5.74) is 6.75. The van der Waals surface area contributed by atoms with Crippen LogP contribution < -0.4 is 0 Å². The molecule has 0 radical (unpaired) electrons. The summed E-state index contributed by atoms with van der Waals surface area (Å²) < 4.78 is 2.37. The van der Waals surface area contributed by atoms with Gasteiger partial charge < -0.3 is 4.57 Å². The van der Waals surface area contributed by atoms with E-state index < -0.39 is 0 Å². The third-order valence-corrected chi connectivity index (χ3v) is 5.17. The van der Waals surface area contributed by atoms with Gasteiger partial charge in [0.1, 0.15) is 0 Å². The summed E-state index contributed by atoms with van der Waals surface area (Å²) in [5, 5.41) is 4.05. The molecule has 0 fully saturated rings. The predicted octanol–water partition coefficient (Wildman–Crippen LogP) is 5.42. The largest absolute Gasteiger partial charge is 0.344 e. The van der Waals surface area contributed by atoms with Crippen molar-refractivity contribution in [2.75, 3.05) is 0 Å². The quantitative estimate of drug-likeness (QED) is 0.494. The number of hydrogen-bond donors (Lipinski definition) is 0. The van der Waals surface area contributed by atoms with Gasteiger partial charge in [-0.1, -0.05) is 36.4 Å². The maximum absolute atomic E-state index is 4.32. The van der Waals surface area contributed by atoms with Crippen molar-refractivity contribution in [2.45, 2.75) is 33.7 Å². The minimum absolute atomic E-state index is 0.958. The van der Waals surface area contributed by atoms with Gasteiger partial charge in [0.15, 0.2) is 0 Å². The fourth-order valence-corrected chi connectivity index (χ4v) is 3.88. The molecule has 0 amide bonds. The molecule has 2 aromatic heterocycles. The predicted molar refractivity (Wildman–Crippen MR) is 102 cm³/mol. The molecule has 0 bridgehead atoms. The summed E-state index contributed by atoms with van der Waals surface area (Å²) in [6.45, 7) is 7.59. The molecular weight excluding hydrogens is 292 g/mol. The van der Waals surface area contributed by atoms with Crippen LogP contribution in [0.25, 0.3) is 21.7 Å². The van der Waals surface area contributed by atoms with Crippen molar-refractivity contribution < 1.29 is 0 Å². The minimum Gasteiger partial charge on any atom is -0.344 e. The first-order chi connectivity index (χ1) is 11.7. The van der Waals surface area contributed by atoms with E-state index in [-0.39, 0.29) is 0 Å². The van der Waals surface area contributed by atoms with Gasteiger partial charge in [0, 0.05) is 30.2 Å². The number of aromatic nitrogens is 2. The van der Waals surface area contributed by atoms with Crippen LogP contribution in [0.2, 0.25) is 0 Å². The Morgan fingerprint density at radius 2 is 1.71 bits per heavy atom. The number of pyridine rings is 1. The Hall–Kier alpha value is -2.61. The summed E-state index contributed by atoms with van der Waals surface area (Å²) >= 11 is 0. The average molecular weight is 314 g/mol. The van der Waals surface area contributed by atoms with E-state index in [9.17, 15) is 0 Å². The Morgan fingerprint density at radius 3 is 2.50 bits per heavy atom. The molecule has 4 aromatic rings. The zero-order valence-corrected chi connectivity index (χ0v) is 14.5. The van der Waals surface area contributed by atoms with Crippen LogP contribution in [0.3, 0.4) is 0 Å². The van der Waals surface area contributed by atoms with Crippen molar-refractivity contribution in [1.29, 1.82) is 0 Å². The van der Waals surface area contributed by atoms with Crippen molar-refractivity contribution in [3.05, 3.63) is 77.2 Å². The van der Waals surface area contributed by atoms with Gasteiger partial charge >= 0.3 is 0 Å². The topological polar surface area (TPSA) is 17.8 Å². The van der Waals surface area contributed by atoms with Crippen molar-refractivity contribution in [3.8, 4) is 0 Å². The first-order valence-electron chi connectivity index (χ1n) is 8.59. The lowest BCUT2D eigenvalue weighted by Gasteiger charge is -2.10. The van der Waals surface area contributed by atoms with Crippen LogP contribution in [0.5, 0.6) is 0 Å². The van der Waals surface area contributed by atoms with Gasteiger partial charge in [-0.3, -0.25) is 4.98 Å². The number of aryl methyl sites for hydroxylation is 2. The lowest BCUT2D eigenvalue weighted by atomic mass is 9.95. The molecule has 0 aliphatic carbocycles. The highest BCUT2D eigenvalue weighted by Gasteiger charge is 2.14. The summed E-state index contributed by atoms with van der Waals surface area (Å²) in [6, 6.07) is 15.4. The van der Waals surface area contributed by atoms with E-state index >= 15 is 0 Å². The third-order valence-electron chi connectivity index (χ3n) is 5.17. The highest BCUT2D eigenvalue weighted by molar-refractivity contribution is 5.90. The molecule has 0 atom stereocenters. The third kappa shape index (κ3) is 2.22. The van der Waals surface area contributed by atoms with Crippen LogP contribution in [0.1, 0.15) is 29.3 Å². The van der Waals surface area contributed by atoms with Gasteiger partial charge in [0.25, 0.3) is 0 Å². The van der Waals surface area contributed by atoms with Gasteiger partial charge in [-0.15, -0.1) is 0 Å². The minimum atomic E-state index is 0.958. The Morgan fingerprint density at radius 1 is 0.917 bits per heavy atom. The number of rotatable bonds is 3. The lowest BCUT2D eigenvalue weighted by molar-refractivity contribution is 0.763. The smallest absolute Gasteiger partial charge is 0.0671 e. The Bertz CT molecular complexity index is 1040. The van der Waals surface area contributed by atoms with E-state index in [0.29, 0.717) is 0 Å². The number of hydrogen-bond acceptors (Lipinski definition) is 1. The van der Waals surface area contributed by atoms with Gasteiger partial charge in [0.2, 0.25) is 0 Å². The van der Waals surface area contributed by atoms with E-state index in [0.717, 1.165) is 13.0 Å². The van der Waals surface area contributed by atoms with E-state index in [2.05, 4.69) is 72.8 Å². The van der Waals surface area contributed by atoms with E-state index in [1.165, 1.54) is 44.1 Å². The van der Waals surface area contributed by atoms with Crippen molar-refractivity contribution in [1.82, 2.24) is 9.55 Å². The normalized spacial score (nSPS) is 11.5. The lowest BCUT2D eigenvalue weighted by Crippen LogP contribution is -1.98. The number of fused-ring (bicyclic) bond motifs is 2. The van der Waals surface area contributed by atoms with E-state index in [4.69, 9.17) is 0 Å². The first-order valence-corrected chi connectivity index (χ1v) is 8.59. The molecule has 0 aliphatic heterocycles. The second-order valence-corrected chi connectivity index (χ2v) is 6.46. The van der Waals surface area contributed by atoms with Gasteiger partial charge in [-0.25, -0.2) is 0 Å². The maximum Gasteiger partial charge on any atom is 0.0671 e. The molecule has 0 unspecified atom stereocenters. The van der Waals surface area contributed by atoms with Crippen LogP contribution in [0.4, 0.5) is 0 Å². The van der Waals surface area contributed by atoms with Crippen LogP contribution in [0.15, 0.2) is 54.9 Å². The molecule has 0 N–H and O–H groups in total. The monoisotopic (exact) mass is 314 g/mol. The molecule has 0 saturated carbocycles. The summed E-state index contributed by atoms with van der Waals surface area (Å²) in [6.07, 6.45) is 4.85. The van der Waals surface area contributed by atoms with Crippen LogP contribution in [0, 0.1) is 13.8 Å². The highest BCUT2D eigenvalue weighted by Crippen LogP contribution is 2.30. The maximum atomic E-state index is 4.32. The molecule has 0 saturated heterocycles. The Kier molecular flexibility index (Phi) is 3.61. The average Bonchev–Trinajstić information content (AvgIpc) is 2.89. The number of nitrogens with zero attached hydrogens (tertiary/aromatic N) is 2. The molecule has 0 spiro atoms. The van der Waals surface area contributed by atoms with Crippen molar-refractivity contribution in [3.63, 3.8) is 0 Å².